The molecule has 0 amide bonds. The summed E-state index contributed by atoms with van der Waals surface area (Å²) in [5.41, 5.74) is 5.35. The van der Waals surface area contributed by atoms with Gasteiger partial charge in [-0.1, -0.05) is 0 Å². The van der Waals surface area contributed by atoms with Gasteiger partial charge < -0.3 is 14.6 Å². The molecule has 0 radical (unpaired) electrons. The van der Waals surface area contributed by atoms with Crippen LogP contribution in [0.4, 0.5) is 0 Å². The summed E-state index contributed by atoms with van der Waals surface area (Å²) in [6, 6.07) is 6.51. The highest BCUT2D eigenvalue weighted by Crippen LogP contribution is 2.13. The third-order valence-corrected chi connectivity index (χ3v) is 1.83. The molecule has 0 bridgehead atoms. The molecule has 2 aromatic heterocycles. The van der Waals surface area contributed by atoms with Gasteiger partial charge in [0.1, 0.15) is 5.76 Å². The van der Waals surface area contributed by atoms with Gasteiger partial charge in [0, 0.05) is 0 Å². The second kappa shape index (κ2) is 3.51. The number of ketones is 1. The third-order valence-electron chi connectivity index (χ3n) is 1.83. The Balaban J connectivity index is 2.28. The normalized spacial score (nSPS) is 10.4. The van der Waals surface area contributed by atoms with E-state index in [9.17, 15) is 4.79 Å². The molecule has 0 spiro atoms. The Morgan fingerprint density at radius 2 is 2.14 bits per heavy atom. The fourth-order valence-electron chi connectivity index (χ4n) is 1.14. The molecule has 0 unspecified atom stereocenters. The number of hydrogen-bond donors (Lipinski definition) is 1. The zero-order valence-corrected chi connectivity index (χ0v) is 7.40. The average Bonchev–Trinajstić information content (AvgIpc) is 2.88. The van der Waals surface area contributed by atoms with Crippen molar-refractivity contribution in [3.63, 3.8) is 0 Å². The standard InChI is InChI=1S/C10H9NO3/c11-6-7-3-4-9(14-7)10(12)8-2-1-5-13-8/h1-5H,6,11H2. The average molecular weight is 191 g/mol. The number of rotatable bonds is 3. The van der Waals surface area contributed by atoms with E-state index in [1.165, 1.54) is 6.26 Å². The van der Waals surface area contributed by atoms with Crippen LogP contribution >= 0.6 is 0 Å². The van der Waals surface area contributed by atoms with Crippen LogP contribution in [-0.2, 0) is 6.54 Å². The molecule has 0 fully saturated rings. The molecule has 14 heavy (non-hydrogen) atoms. The topological polar surface area (TPSA) is 69.4 Å². The molecule has 2 aromatic rings. The van der Waals surface area contributed by atoms with Crippen molar-refractivity contribution >= 4 is 5.78 Å². The van der Waals surface area contributed by atoms with Gasteiger partial charge in [0.15, 0.2) is 11.5 Å². The van der Waals surface area contributed by atoms with Crippen molar-refractivity contribution in [1.82, 2.24) is 0 Å². The molecular formula is C10H9NO3. The lowest BCUT2D eigenvalue weighted by molar-refractivity contribution is 0.0981. The minimum Gasteiger partial charge on any atom is -0.461 e. The van der Waals surface area contributed by atoms with E-state index < -0.39 is 0 Å². The van der Waals surface area contributed by atoms with Gasteiger partial charge in [0.25, 0.3) is 5.78 Å². The Bertz CT molecular complexity index is 428. The lowest BCUT2D eigenvalue weighted by Crippen LogP contribution is -1.97. The van der Waals surface area contributed by atoms with Crippen LogP contribution in [0, 0.1) is 0 Å². The summed E-state index contributed by atoms with van der Waals surface area (Å²) in [7, 11) is 0. The van der Waals surface area contributed by atoms with Gasteiger partial charge in [-0.15, -0.1) is 0 Å². The van der Waals surface area contributed by atoms with Crippen LogP contribution in [0.25, 0.3) is 0 Å². The SMILES string of the molecule is NCc1ccc(C(=O)c2ccco2)o1. The maximum atomic E-state index is 11.6. The summed E-state index contributed by atoms with van der Waals surface area (Å²) in [6.45, 7) is 0.283. The number of nitrogens with two attached hydrogens (primary N) is 1. The highest BCUT2D eigenvalue weighted by Gasteiger charge is 2.15. The molecule has 4 heteroatoms. The predicted molar refractivity (Wildman–Crippen MR) is 48.7 cm³/mol. The van der Waals surface area contributed by atoms with Crippen molar-refractivity contribution in [2.75, 3.05) is 0 Å². The van der Waals surface area contributed by atoms with Crippen molar-refractivity contribution < 1.29 is 13.6 Å². The van der Waals surface area contributed by atoms with Crippen molar-refractivity contribution in [1.29, 1.82) is 0 Å². The van der Waals surface area contributed by atoms with Gasteiger partial charge in [-0.25, -0.2) is 0 Å². The smallest absolute Gasteiger partial charge is 0.263 e. The summed E-state index contributed by atoms with van der Waals surface area (Å²) in [5, 5.41) is 0. The van der Waals surface area contributed by atoms with Crippen molar-refractivity contribution in [3.8, 4) is 0 Å². The largest absolute Gasteiger partial charge is 0.461 e. The van der Waals surface area contributed by atoms with Crippen LogP contribution in [-0.4, -0.2) is 5.78 Å². The van der Waals surface area contributed by atoms with Gasteiger partial charge in [-0.3, -0.25) is 4.79 Å². The van der Waals surface area contributed by atoms with Gasteiger partial charge >= 0.3 is 0 Å². The highest BCUT2D eigenvalue weighted by molar-refractivity contribution is 6.05. The van der Waals surface area contributed by atoms with E-state index in [1.807, 2.05) is 0 Å². The van der Waals surface area contributed by atoms with Crippen molar-refractivity contribution in [2.24, 2.45) is 5.73 Å². The molecule has 0 saturated heterocycles. The fourth-order valence-corrected chi connectivity index (χ4v) is 1.14. The van der Waals surface area contributed by atoms with Crippen LogP contribution in [0.15, 0.2) is 39.4 Å². The maximum absolute atomic E-state index is 11.6. The van der Waals surface area contributed by atoms with Gasteiger partial charge in [0.05, 0.1) is 12.8 Å². The quantitative estimate of drug-likeness (QED) is 0.747. The molecule has 2 heterocycles. The summed E-state index contributed by atoms with van der Waals surface area (Å²) in [6.07, 6.45) is 1.44. The Hall–Kier alpha value is -1.81. The first-order valence-electron chi connectivity index (χ1n) is 4.18. The van der Waals surface area contributed by atoms with Crippen LogP contribution in [0.2, 0.25) is 0 Å². The maximum Gasteiger partial charge on any atom is 0.263 e. The molecule has 4 nitrogen and oxygen atoms in total. The second-order valence-corrected chi connectivity index (χ2v) is 2.78. The molecule has 0 aliphatic heterocycles. The van der Waals surface area contributed by atoms with E-state index in [4.69, 9.17) is 14.6 Å². The monoisotopic (exact) mass is 191 g/mol. The van der Waals surface area contributed by atoms with Gasteiger partial charge in [-0.2, -0.15) is 0 Å². The van der Waals surface area contributed by atoms with Crippen molar-refractivity contribution in [2.45, 2.75) is 6.54 Å². The molecule has 0 aromatic carbocycles. The number of carbonyl (C=O) groups excluding carboxylic acids is 1. The molecule has 0 atom stereocenters. The molecule has 0 saturated carbocycles. The first-order chi connectivity index (χ1) is 6.81. The first-order valence-corrected chi connectivity index (χ1v) is 4.18. The lowest BCUT2D eigenvalue weighted by Gasteiger charge is -1.91. The number of furan rings is 2. The van der Waals surface area contributed by atoms with E-state index in [2.05, 4.69) is 0 Å². The fraction of sp³-hybridized carbons (Fsp3) is 0.100. The van der Waals surface area contributed by atoms with Crippen LogP contribution in [0.5, 0.6) is 0 Å². The van der Waals surface area contributed by atoms with Gasteiger partial charge in [-0.05, 0) is 24.3 Å². The highest BCUT2D eigenvalue weighted by atomic mass is 16.4. The molecule has 2 N–H and O–H groups in total. The lowest BCUT2D eigenvalue weighted by atomic mass is 10.2. The molecule has 2 rings (SSSR count). The summed E-state index contributed by atoms with van der Waals surface area (Å²) in [4.78, 5) is 11.6. The minimum absolute atomic E-state index is 0.250. The minimum atomic E-state index is -0.269. The van der Waals surface area contributed by atoms with E-state index in [0.29, 0.717) is 5.76 Å². The molecule has 72 valence electrons. The van der Waals surface area contributed by atoms with Crippen molar-refractivity contribution in [3.05, 3.63) is 47.8 Å². The first kappa shape index (κ1) is 8.77. The summed E-state index contributed by atoms with van der Waals surface area (Å²) >= 11 is 0. The Morgan fingerprint density at radius 1 is 1.29 bits per heavy atom. The van der Waals surface area contributed by atoms with Crippen LogP contribution in [0.3, 0.4) is 0 Å². The third kappa shape index (κ3) is 1.47. The van der Waals surface area contributed by atoms with Crippen LogP contribution in [0.1, 0.15) is 22.1 Å². The predicted octanol–water partition coefficient (Wildman–Crippen LogP) is 1.56. The summed E-state index contributed by atoms with van der Waals surface area (Å²) < 4.78 is 10.1. The Labute approximate surface area is 80.3 Å². The summed E-state index contributed by atoms with van der Waals surface area (Å²) in [5.74, 6) is 0.831. The molecular weight excluding hydrogens is 182 g/mol. The van der Waals surface area contributed by atoms with E-state index >= 15 is 0 Å². The van der Waals surface area contributed by atoms with E-state index in [0.717, 1.165) is 0 Å². The Morgan fingerprint density at radius 3 is 2.71 bits per heavy atom. The van der Waals surface area contributed by atoms with Crippen LogP contribution < -0.4 is 5.73 Å². The van der Waals surface area contributed by atoms with Gasteiger partial charge in [0.2, 0.25) is 0 Å². The van der Waals surface area contributed by atoms with E-state index in [1.54, 1.807) is 24.3 Å². The molecule has 0 aliphatic rings. The number of hydrogen-bond acceptors (Lipinski definition) is 4. The number of carbonyl (C=O) groups is 1. The Kier molecular flexibility index (Phi) is 2.20. The zero-order valence-electron chi connectivity index (χ0n) is 7.40. The second-order valence-electron chi connectivity index (χ2n) is 2.78. The zero-order chi connectivity index (χ0) is 9.97. The van der Waals surface area contributed by atoms with E-state index in [-0.39, 0.29) is 23.8 Å². The molecule has 0 aliphatic carbocycles.